The van der Waals surface area contributed by atoms with E-state index in [2.05, 4.69) is 34.6 Å². The molecule has 0 amide bonds. The molecule has 4 fully saturated rings. The quantitative estimate of drug-likeness (QED) is 0.159. The van der Waals surface area contributed by atoms with Gasteiger partial charge in [-0.05, 0) is 23.7 Å². The summed E-state index contributed by atoms with van der Waals surface area (Å²) in [6.45, 7) is 12.9. The van der Waals surface area contributed by atoms with Crippen molar-refractivity contribution >= 4 is 0 Å². The lowest BCUT2D eigenvalue weighted by Crippen LogP contribution is -2.62. The zero-order valence-corrected chi connectivity index (χ0v) is 28.0. The lowest BCUT2D eigenvalue weighted by atomic mass is 9.78. The van der Waals surface area contributed by atoms with E-state index in [0.717, 1.165) is 0 Å². The Hall–Kier alpha value is -0.600. The zero-order chi connectivity index (χ0) is 34.0. The first-order valence-electron chi connectivity index (χ1n) is 16.3. The third kappa shape index (κ3) is 8.06. The Morgan fingerprint density at radius 2 is 0.870 bits per heavy atom. The smallest absolute Gasteiger partial charge is 0.192 e. The molecule has 0 aromatic carbocycles. The Balaban J connectivity index is 1.38. The van der Waals surface area contributed by atoms with Crippen LogP contribution in [0.2, 0.25) is 0 Å². The third-order valence-electron chi connectivity index (χ3n) is 10.8. The lowest BCUT2D eigenvalue weighted by Gasteiger charge is -2.47. The van der Waals surface area contributed by atoms with Crippen LogP contribution in [0.1, 0.15) is 41.5 Å². The molecule has 4 heterocycles. The summed E-state index contributed by atoms with van der Waals surface area (Å²) in [5.41, 5.74) is 0. The van der Waals surface area contributed by atoms with Crippen LogP contribution in [-0.2, 0) is 42.6 Å². The summed E-state index contributed by atoms with van der Waals surface area (Å²) in [7, 11) is 2.92. The minimum Gasteiger partial charge on any atom is -0.387 e. The topological polar surface area (TPSA) is 204 Å². The Morgan fingerprint density at radius 1 is 0.413 bits per heavy atom. The van der Waals surface area contributed by atoms with Gasteiger partial charge in [-0.3, -0.25) is 0 Å². The van der Waals surface area contributed by atoms with Gasteiger partial charge in [0, 0.05) is 26.1 Å². The van der Waals surface area contributed by atoms with Crippen LogP contribution in [0.3, 0.4) is 0 Å². The maximum atomic E-state index is 10.8. The Labute approximate surface area is 270 Å². The lowest BCUT2D eigenvalue weighted by molar-refractivity contribution is -0.395. The number of rotatable bonds is 11. The van der Waals surface area contributed by atoms with Gasteiger partial charge in [-0.15, -0.1) is 0 Å². The number of methoxy groups -OCH3 is 2. The average molecular weight is 669 g/mol. The van der Waals surface area contributed by atoms with Crippen LogP contribution in [0.15, 0.2) is 0 Å². The van der Waals surface area contributed by atoms with E-state index in [4.69, 9.17) is 42.6 Å². The number of aliphatic hydroxyl groups is 6. The third-order valence-corrected chi connectivity index (χ3v) is 10.8. The van der Waals surface area contributed by atoms with Crippen molar-refractivity contribution in [3.8, 4) is 0 Å². The molecule has 4 aliphatic rings. The van der Waals surface area contributed by atoms with Gasteiger partial charge in [-0.2, -0.15) is 0 Å². The highest BCUT2D eigenvalue weighted by molar-refractivity contribution is 4.91. The molecular formula is C31H56O15. The van der Waals surface area contributed by atoms with Crippen molar-refractivity contribution in [2.45, 2.75) is 128 Å². The molecule has 46 heavy (non-hydrogen) atoms. The molecule has 4 aliphatic heterocycles. The second-order valence-corrected chi connectivity index (χ2v) is 13.6. The van der Waals surface area contributed by atoms with E-state index >= 15 is 0 Å². The maximum absolute atomic E-state index is 10.8. The summed E-state index contributed by atoms with van der Waals surface area (Å²) in [4.78, 5) is 0. The first-order chi connectivity index (χ1) is 21.7. The second kappa shape index (κ2) is 16.4. The van der Waals surface area contributed by atoms with Crippen LogP contribution in [0.4, 0.5) is 0 Å². The minimum absolute atomic E-state index is 0.0891. The molecule has 270 valence electrons. The van der Waals surface area contributed by atoms with Gasteiger partial charge < -0.3 is 73.3 Å². The molecule has 0 radical (unpaired) electrons. The van der Waals surface area contributed by atoms with Gasteiger partial charge in [0.25, 0.3) is 0 Å². The molecule has 0 saturated carbocycles. The molecule has 6 N–H and O–H groups in total. The fraction of sp³-hybridized carbons (Fsp3) is 1.00. The normalized spacial score (nSPS) is 52.0. The molecule has 4 rings (SSSR count). The number of ether oxygens (including phenoxy) is 9. The van der Waals surface area contributed by atoms with Gasteiger partial charge in [0.15, 0.2) is 31.5 Å². The molecule has 20 atom stereocenters. The van der Waals surface area contributed by atoms with E-state index in [9.17, 15) is 30.6 Å². The van der Waals surface area contributed by atoms with Gasteiger partial charge in [0.2, 0.25) is 0 Å². The van der Waals surface area contributed by atoms with Crippen LogP contribution >= 0.6 is 0 Å². The number of hydrogen-bond acceptors (Lipinski definition) is 15. The van der Waals surface area contributed by atoms with Crippen molar-refractivity contribution in [1.82, 2.24) is 0 Å². The van der Waals surface area contributed by atoms with Crippen molar-refractivity contribution in [3.63, 3.8) is 0 Å². The van der Waals surface area contributed by atoms with E-state index in [1.165, 1.54) is 7.11 Å². The molecular weight excluding hydrogens is 612 g/mol. The highest BCUT2D eigenvalue weighted by Crippen LogP contribution is 2.39. The summed E-state index contributed by atoms with van der Waals surface area (Å²) in [6, 6.07) is 0. The molecule has 15 nitrogen and oxygen atoms in total. The van der Waals surface area contributed by atoms with Crippen LogP contribution in [0, 0.1) is 35.5 Å². The SMILES string of the molecule is COC[C@H]1OC(OC[C@H]2O[C@@H](O[C@H]3OC(OC[C@H]4O[C@@H](OC)[C@H](O)[C@@H](O)[C@@H]4O)[C@H](O)[C@@H](O)[C@@H]3O)[C@H](C)[C@@H](C)[C@@H]2C)[C@H](C)[C@@H](C)[C@@H]1C. The van der Waals surface area contributed by atoms with E-state index in [-0.39, 0.29) is 42.5 Å². The summed E-state index contributed by atoms with van der Waals surface area (Å²) >= 11 is 0. The van der Waals surface area contributed by atoms with Crippen molar-refractivity contribution in [3.05, 3.63) is 0 Å². The first kappa shape index (κ1) is 38.2. The summed E-state index contributed by atoms with van der Waals surface area (Å²) < 4.78 is 52.3. The standard InChI is InChI=1S/C31H56O15/c1-12-14(3)18(9-38-7)42-27(16(12)5)40-10-19-15(4)13(2)17(6)28(43-19)45-31-26(37)23(34)25(36)30(46-31)41-11-20-21(32)22(33)24(35)29(39-8)44-20/h12-37H,9-11H2,1-8H3/t12-,13-,14-,15-,16+,17+,18+,19+,20+,21+,22-,23+,24+,25+,26-,27?,28-,29+,30?,31-/m0/s1. The van der Waals surface area contributed by atoms with E-state index in [1.807, 2.05) is 6.92 Å². The number of aliphatic hydroxyl groups excluding tert-OH is 6. The molecule has 0 aromatic heterocycles. The second-order valence-electron chi connectivity index (χ2n) is 13.6. The highest BCUT2D eigenvalue weighted by Gasteiger charge is 2.50. The van der Waals surface area contributed by atoms with Gasteiger partial charge in [-0.25, -0.2) is 0 Å². The van der Waals surface area contributed by atoms with E-state index in [1.54, 1.807) is 7.11 Å². The summed E-state index contributed by atoms with van der Waals surface area (Å²) in [5, 5.41) is 62.5. The fourth-order valence-electron chi connectivity index (χ4n) is 6.69. The Bertz CT molecular complexity index is 928. The molecule has 0 bridgehead atoms. The Morgan fingerprint density at radius 3 is 1.48 bits per heavy atom. The fourth-order valence-corrected chi connectivity index (χ4v) is 6.69. The maximum Gasteiger partial charge on any atom is 0.192 e. The largest absolute Gasteiger partial charge is 0.387 e. The van der Waals surface area contributed by atoms with Crippen LogP contribution in [0.5, 0.6) is 0 Å². The van der Waals surface area contributed by atoms with Crippen LogP contribution in [0.25, 0.3) is 0 Å². The summed E-state index contributed by atoms with van der Waals surface area (Å²) in [5.74, 6) is 0.866. The minimum atomic E-state index is -1.70. The summed E-state index contributed by atoms with van der Waals surface area (Å²) in [6.07, 6.45) is -16.8. The van der Waals surface area contributed by atoms with Gasteiger partial charge >= 0.3 is 0 Å². The van der Waals surface area contributed by atoms with Crippen molar-refractivity contribution in [2.75, 3.05) is 34.0 Å². The average Bonchev–Trinajstić information content (AvgIpc) is 3.04. The van der Waals surface area contributed by atoms with Gasteiger partial charge in [-0.1, -0.05) is 41.5 Å². The van der Waals surface area contributed by atoms with E-state index < -0.39 is 80.8 Å². The molecule has 4 saturated heterocycles. The molecule has 0 spiro atoms. The van der Waals surface area contributed by atoms with Crippen LogP contribution < -0.4 is 0 Å². The molecule has 15 heteroatoms. The molecule has 2 unspecified atom stereocenters. The van der Waals surface area contributed by atoms with Gasteiger partial charge in [0.05, 0.1) is 32.0 Å². The predicted molar refractivity (Wildman–Crippen MR) is 158 cm³/mol. The predicted octanol–water partition coefficient (Wildman–Crippen LogP) is -0.832. The van der Waals surface area contributed by atoms with Gasteiger partial charge in [0.1, 0.15) is 42.7 Å². The molecule has 0 aromatic rings. The number of hydrogen-bond donors (Lipinski definition) is 6. The highest BCUT2D eigenvalue weighted by atomic mass is 16.8. The van der Waals surface area contributed by atoms with E-state index in [0.29, 0.717) is 18.4 Å². The van der Waals surface area contributed by atoms with Crippen LogP contribution in [-0.4, -0.2) is 151 Å². The molecule has 0 aliphatic carbocycles. The van der Waals surface area contributed by atoms with Crippen molar-refractivity contribution in [2.24, 2.45) is 35.5 Å². The van der Waals surface area contributed by atoms with Crippen molar-refractivity contribution in [1.29, 1.82) is 0 Å². The van der Waals surface area contributed by atoms with Crippen molar-refractivity contribution < 1.29 is 73.3 Å². The monoisotopic (exact) mass is 668 g/mol. The zero-order valence-electron chi connectivity index (χ0n) is 28.0. The Kier molecular flexibility index (Phi) is 13.6. The first-order valence-corrected chi connectivity index (χ1v) is 16.3.